The van der Waals surface area contributed by atoms with Crippen molar-refractivity contribution in [3.05, 3.63) is 72.0 Å². The predicted molar refractivity (Wildman–Crippen MR) is 145 cm³/mol. The number of alkyl halides is 2. The standard InChI is InChI=1S/C29H28F3NO8S/c1-17-3-2-4-23(7-17)42(38,39)33-13-22(12-28(26(35)36)14-29(37,15-28)16-34)40-25-6-5-18(10-24(25)33)19-8-20(30)11-21(9-19)41-27(31)32/h2-11,22,27,34,37H,12-16H2,1H3,(H,35,36)/t22-,28?,29?/m0/s1. The molecule has 1 atom stereocenters. The van der Waals surface area contributed by atoms with Crippen LogP contribution >= 0.6 is 0 Å². The molecule has 9 nitrogen and oxygen atoms in total. The average Bonchev–Trinajstić information content (AvgIpc) is 2.90. The average molecular weight is 608 g/mol. The fourth-order valence-corrected chi connectivity index (χ4v) is 7.37. The number of anilines is 1. The highest BCUT2D eigenvalue weighted by atomic mass is 32.2. The van der Waals surface area contributed by atoms with Crippen LogP contribution in [0.4, 0.5) is 18.9 Å². The molecule has 3 N–H and O–H groups in total. The molecule has 0 amide bonds. The van der Waals surface area contributed by atoms with E-state index < -0.39 is 57.9 Å². The third kappa shape index (κ3) is 5.63. The number of aryl methyl sites for hydroxylation is 1. The quantitative estimate of drug-likeness (QED) is 0.327. The summed E-state index contributed by atoms with van der Waals surface area (Å²) in [6.45, 7) is -2.35. The van der Waals surface area contributed by atoms with E-state index in [1.165, 1.54) is 36.4 Å². The number of hydrogen-bond acceptors (Lipinski definition) is 7. The van der Waals surface area contributed by atoms with Gasteiger partial charge >= 0.3 is 12.6 Å². The van der Waals surface area contributed by atoms with E-state index in [9.17, 15) is 41.7 Å². The summed E-state index contributed by atoms with van der Waals surface area (Å²) < 4.78 is 79.3. The first-order chi connectivity index (χ1) is 19.7. The minimum absolute atomic E-state index is 0.0240. The Balaban J connectivity index is 1.57. The molecule has 0 radical (unpaired) electrons. The predicted octanol–water partition coefficient (Wildman–Crippen LogP) is 4.34. The molecule has 42 heavy (non-hydrogen) atoms. The lowest BCUT2D eigenvalue weighted by Gasteiger charge is -2.51. The number of aliphatic hydroxyl groups is 2. The molecule has 0 spiro atoms. The van der Waals surface area contributed by atoms with Gasteiger partial charge < -0.3 is 24.8 Å². The number of hydrogen-bond donors (Lipinski definition) is 3. The van der Waals surface area contributed by atoms with E-state index >= 15 is 0 Å². The Labute approximate surface area is 239 Å². The van der Waals surface area contributed by atoms with Crippen LogP contribution in [0.1, 0.15) is 24.8 Å². The maximum absolute atomic E-state index is 14.3. The molecule has 0 bridgehead atoms. The summed E-state index contributed by atoms with van der Waals surface area (Å²) in [5.74, 6) is -2.36. The van der Waals surface area contributed by atoms with Gasteiger partial charge in [-0.05, 0) is 72.9 Å². The summed E-state index contributed by atoms with van der Waals surface area (Å²) in [6.07, 6.45) is -1.55. The van der Waals surface area contributed by atoms with Crippen LogP contribution in [0.2, 0.25) is 0 Å². The zero-order chi connectivity index (χ0) is 30.4. The molecule has 1 fully saturated rings. The fourth-order valence-electron chi connectivity index (χ4n) is 5.77. The van der Waals surface area contributed by atoms with Crippen molar-refractivity contribution in [1.82, 2.24) is 0 Å². The van der Waals surface area contributed by atoms with Crippen molar-refractivity contribution >= 4 is 21.7 Å². The van der Waals surface area contributed by atoms with Crippen LogP contribution in [0, 0.1) is 18.2 Å². The van der Waals surface area contributed by atoms with Gasteiger partial charge in [-0.2, -0.15) is 8.78 Å². The number of sulfonamides is 1. The number of aliphatic carboxylic acids is 1. The highest BCUT2D eigenvalue weighted by molar-refractivity contribution is 7.92. The number of carboxylic acids is 1. The topological polar surface area (TPSA) is 134 Å². The first-order valence-corrected chi connectivity index (χ1v) is 14.4. The second kappa shape index (κ2) is 10.8. The van der Waals surface area contributed by atoms with Gasteiger partial charge in [-0.25, -0.2) is 12.8 Å². The maximum Gasteiger partial charge on any atom is 0.387 e. The van der Waals surface area contributed by atoms with E-state index in [-0.39, 0.29) is 53.3 Å². The van der Waals surface area contributed by atoms with Gasteiger partial charge in [-0.1, -0.05) is 18.2 Å². The van der Waals surface area contributed by atoms with Crippen molar-refractivity contribution < 1.29 is 51.2 Å². The van der Waals surface area contributed by atoms with Crippen LogP contribution in [-0.2, 0) is 14.8 Å². The van der Waals surface area contributed by atoms with Crippen LogP contribution in [0.15, 0.2) is 65.6 Å². The summed E-state index contributed by atoms with van der Waals surface area (Å²) in [7, 11) is -4.24. The summed E-state index contributed by atoms with van der Waals surface area (Å²) in [5.41, 5.74) is -1.80. The molecule has 3 aromatic rings. The zero-order valence-electron chi connectivity index (χ0n) is 22.3. The number of ether oxygens (including phenoxy) is 2. The number of benzene rings is 3. The molecule has 224 valence electrons. The van der Waals surface area contributed by atoms with Gasteiger partial charge in [0.1, 0.15) is 23.4 Å². The highest BCUT2D eigenvalue weighted by Crippen LogP contribution is 2.53. The lowest BCUT2D eigenvalue weighted by atomic mass is 9.57. The van der Waals surface area contributed by atoms with Gasteiger partial charge in [0, 0.05) is 12.5 Å². The van der Waals surface area contributed by atoms with Crippen molar-refractivity contribution in [1.29, 1.82) is 0 Å². The Kier molecular flexibility index (Phi) is 7.62. The van der Waals surface area contributed by atoms with E-state index in [4.69, 9.17) is 4.74 Å². The Morgan fingerprint density at radius 3 is 2.50 bits per heavy atom. The van der Waals surface area contributed by atoms with E-state index in [2.05, 4.69) is 4.74 Å². The van der Waals surface area contributed by atoms with Crippen LogP contribution in [-0.4, -0.2) is 61.2 Å². The molecule has 0 saturated heterocycles. The van der Waals surface area contributed by atoms with E-state index in [0.29, 0.717) is 5.56 Å². The molecule has 0 unspecified atom stereocenters. The number of aliphatic hydroxyl groups excluding tert-OH is 1. The first-order valence-electron chi connectivity index (χ1n) is 13.0. The fraction of sp³-hybridized carbons (Fsp3) is 0.345. The van der Waals surface area contributed by atoms with E-state index in [0.717, 1.165) is 16.4 Å². The van der Waals surface area contributed by atoms with Gasteiger partial charge in [0.05, 0.1) is 34.8 Å². The molecule has 1 heterocycles. The number of nitrogens with zero attached hydrogens (tertiary/aromatic N) is 1. The van der Waals surface area contributed by atoms with Crippen LogP contribution in [0.3, 0.4) is 0 Å². The van der Waals surface area contributed by atoms with Crippen molar-refractivity contribution in [3.8, 4) is 22.6 Å². The normalized spacial score (nSPS) is 23.6. The summed E-state index contributed by atoms with van der Waals surface area (Å²) in [4.78, 5) is 12.2. The molecular weight excluding hydrogens is 579 g/mol. The number of halogens is 3. The molecule has 13 heteroatoms. The Morgan fingerprint density at radius 1 is 1.12 bits per heavy atom. The Bertz CT molecular complexity index is 1620. The highest BCUT2D eigenvalue weighted by Gasteiger charge is 2.59. The number of fused-ring (bicyclic) bond motifs is 1. The van der Waals surface area contributed by atoms with Gasteiger partial charge in [0.25, 0.3) is 10.0 Å². The number of carbonyl (C=O) groups is 1. The zero-order valence-corrected chi connectivity index (χ0v) is 23.2. The molecule has 1 aliphatic heterocycles. The van der Waals surface area contributed by atoms with Crippen molar-refractivity contribution in [2.24, 2.45) is 5.41 Å². The van der Waals surface area contributed by atoms with Crippen molar-refractivity contribution in [2.75, 3.05) is 17.5 Å². The molecular formula is C29H28F3NO8S. The van der Waals surface area contributed by atoms with Gasteiger partial charge in [0.15, 0.2) is 0 Å². The van der Waals surface area contributed by atoms with Gasteiger partial charge in [-0.15, -0.1) is 0 Å². The Hall–Kier alpha value is -3.81. The second-order valence-electron chi connectivity index (χ2n) is 10.9. The van der Waals surface area contributed by atoms with E-state index in [1.54, 1.807) is 19.1 Å². The Morgan fingerprint density at radius 2 is 1.86 bits per heavy atom. The van der Waals surface area contributed by atoms with Crippen molar-refractivity contribution in [2.45, 2.75) is 49.4 Å². The SMILES string of the molecule is Cc1cccc(S(=O)(=O)N2C[C@H](CC3(C(=O)O)CC(O)(CO)C3)Oc3ccc(-c4cc(F)cc(OC(F)F)c4)cc32)c1. The van der Waals surface area contributed by atoms with Gasteiger partial charge in [-0.3, -0.25) is 9.10 Å². The molecule has 1 aliphatic carbocycles. The first kappa shape index (κ1) is 29.7. The largest absolute Gasteiger partial charge is 0.486 e. The lowest BCUT2D eigenvalue weighted by molar-refractivity contribution is -0.193. The molecule has 0 aromatic heterocycles. The minimum Gasteiger partial charge on any atom is -0.486 e. The van der Waals surface area contributed by atoms with Crippen LogP contribution < -0.4 is 13.8 Å². The van der Waals surface area contributed by atoms with Crippen LogP contribution in [0.5, 0.6) is 11.5 Å². The van der Waals surface area contributed by atoms with Gasteiger partial charge in [0.2, 0.25) is 0 Å². The molecule has 3 aromatic carbocycles. The molecule has 1 saturated carbocycles. The third-order valence-corrected chi connectivity index (χ3v) is 9.38. The van der Waals surface area contributed by atoms with E-state index in [1.807, 2.05) is 0 Å². The smallest absolute Gasteiger partial charge is 0.387 e. The number of carboxylic acid groups (broad SMARTS) is 1. The van der Waals surface area contributed by atoms with Crippen molar-refractivity contribution in [3.63, 3.8) is 0 Å². The van der Waals surface area contributed by atoms with Crippen LogP contribution in [0.25, 0.3) is 11.1 Å². The lowest BCUT2D eigenvalue weighted by Crippen LogP contribution is -2.60. The third-order valence-electron chi connectivity index (χ3n) is 7.60. The second-order valence-corrected chi connectivity index (χ2v) is 12.7. The molecule has 5 rings (SSSR count). The number of rotatable bonds is 9. The molecule has 2 aliphatic rings. The summed E-state index contributed by atoms with van der Waals surface area (Å²) >= 11 is 0. The summed E-state index contributed by atoms with van der Waals surface area (Å²) in [5, 5.41) is 29.8. The summed E-state index contributed by atoms with van der Waals surface area (Å²) in [6, 6.07) is 13.6. The maximum atomic E-state index is 14.3. The monoisotopic (exact) mass is 607 g/mol. The minimum atomic E-state index is -4.24.